The van der Waals surface area contributed by atoms with E-state index in [9.17, 15) is 0 Å². The topological polar surface area (TPSA) is 79.9 Å². The van der Waals surface area contributed by atoms with Gasteiger partial charge in [0.05, 0.1) is 25.6 Å². The van der Waals surface area contributed by atoms with Gasteiger partial charge in [0.15, 0.2) is 11.3 Å². The maximum absolute atomic E-state index is 5.66. The van der Waals surface area contributed by atoms with Crippen molar-refractivity contribution in [2.24, 2.45) is 0 Å². The summed E-state index contributed by atoms with van der Waals surface area (Å²) in [5.74, 6) is 1.43. The van der Waals surface area contributed by atoms with Crippen molar-refractivity contribution < 1.29 is 9.47 Å². The molecule has 2 aromatic carbocycles. The molecule has 0 unspecified atom stereocenters. The highest BCUT2D eigenvalue weighted by Gasteiger charge is 2.31. The maximum Gasteiger partial charge on any atom is 0.182 e. The first kappa shape index (κ1) is 23.8. The monoisotopic (exact) mass is 484 g/mol. The molecule has 0 bridgehead atoms. The molecule has 0 aliphatic heterocycles. The van der Waals surface area contributed by atoms with Crippen LogP contribution in [0.4, 0.5) is 0 Å². The Balaban J connectivity index is 1.93. The Labute approximate surface area is 210 Å². The van der Waals surface area contributed by atoms with Gasteiger partial charge in [0.1, 0.15) is 33.9 Å². The Morgan fingerprint density at radius 2 is 0.944 bits per heavy atom. The van der Waals surface area contributed by atoms with Crippen molar-refractivity contribution in [3.8, 4) is 22.9 Å². The fraction of sp³-hybridized carbons (Fsp3) is 0.357. The number of fused-ring (bicyclic) bond motifs is 2. The molecule has 186 valence electrons. The van der Waals surface area contributed by atoms with Gasteiger partial charge in [0, 0.05) is 10.8 Å². The van der Waals surface area contributed by atoms with Crippen LogP contribution in [-0.2, 0) is 10.8 Å². The molecule has 0 spiro atoms. The number of methoxy groups -OCH3 is 2. The lowest BCUT2D eigenvalue weighted by molar-refractivity contribution is 0.411. The standard InChI is InChI=1S/C28H32N6O2/c1-27(2,3)23-21-25(33(31-23)17-13-9-11-15-19(17)35-7)30-22-24(28(4,5)6)32-34(26(22)29-21)18-14-10-12-16-20(18)36-8/h9-16H,1-8H3. The van der Waals surface area contributed by atoms with Gasteiger partial charge in [-0.15, -0.1) is 0 Å². The van der Waals surface area contributed by atoms with Gasteiger partial charge in [0.25, 0.3) is 0 Å². The zero-order chi connectivity index (χ0) is 25.8. The third kappa shape index (κ3) is 3.77. The highest BCUT2D eigenvalue weighted by Crippen LogP contribution is 2.36. The van der Waals surface area contributed by atoms with Crippen LogP contribution >= 0.6 is 0 Å². The molecule has 3 aromatic heterocycles. The summed E-state index contributed by atoms with van der Waals surface area (Å²) in [5, 5.41) is 10.1. The van der Waals surface area contributed by atoms with E-state index in [2.05, 4.69) is 41.5 Å². The SMILES string of the molecule is COc1ccccc1-n1nc(C(C)(C)C)c2nc3c(nc21)c(C(C)(C)C)nn3-c1ccccc1OC. The molecule has 36 heavy (non-hydrogen) atoms. The smallest absolute Gasteiger partial charge is 0.182 e. The highest BCUT2D eigenvalue weighted by atomic mass is 16.5. The fourth-order valence-electron chi connectivity index (χ4n) is 4.38. The van der Waals surface area contributed by atoms with Gasteiger partial charge >= 0.3 is 0 Å². The predicted octanol–water partition coefficient (Wildman–Crippen LogP) is 5.77. The number of hydrogen-bond donors (Lipinski definition) is 0. The second-order valence-electron chi connectivity index (χ2n) is 10.9. The molecular weight excluding hydrogens is 452 g/mol. The molecule has 0 atom stereocenters. The summed E-state index contributed by atoms with van der Waals surface area (Å²) in [7, 11) is 3.32. The molecule has 0 radical (unpaired) electrons. The zero-order valence-electron chi connectivity index (χ0n) is 22.1. The number of aromatic nitrogens is 6. The Bertz CT molecular complexity index is 1460. The van der Waals surface area contributed by atoms with E-state index in [1.165, 1.54) is 0 Å². The normalized spacial score (nSPS) is 12.4. The first-order valence-electron chi connectivity index (χ1n) is 12.0. The van der Waals surface area contributed by atoms with Crippen molar-refractivity contribution in [1.29, 1.82) is 0 Å². The summed E-state index contributed by atoms with van der Waals surface area (Å²) in [4.78, 5) is 10.4. The number of rotatable bonds is 4. The van der Waals surface area contributed by atoms with Crippen LogP contribution in [0.2, 0.25) is 0 Å². The number of benzene rings is 2. The Hall–Kier alpha value is -3.94. The number of ether oxygens (including phenoxy) is 2. The van der Waals surface area contributed by atoms with Gasteiger partial charge in [-0.2, -0.15) is 10.2 Å². The minimum Gasteiger partial charge on any atom is -0.494 e. The second kappa shape index (κ2) is 8.33. The average Bonchev–Trinajstić information content (AvgIpc) is 3.41. The van der Waals surface area contributed by atoms with Crippen LogP contribution in [0.15, 0.2) is 48.5 Å². The molecule has 0 amide bonds. The van der Waals surface area contributed by atoms with E-state index >= 15 is 0 Å². The molecule has 8 heteroatoms. The first-order valence-corrected chi connectivity index (χ1v) is 12.0. The molecule has 0 aliphatic carbocycles. The molecule has 5 rings (SSSR count). The largest absolute Gasteiger partial charge is 0.494 e. The summed E-state index contributed by atoms with van der Waals surface area (Å²) in [6, 6.07) is 15.6. The maximum atomic E-state index is 5.66. The van der Waals surface area contributed by atoms with Crippen LogP contribution in [0.5, 0.6) is 11.5 Å². The lowest BCUT2D eigenvalue weighted by Gasteiger charge is -2.15. The number of hydrogen-bond acceptors (Lipinski definition) is 6. The van der Waals surface area contributed by atoms with Crippen molar-refractivity contribution in [1.82, 2.24) is 29.5 Å². The van der Waals surface area contributed by atoms with Crippen molar-refractivity contribution >= 4 is 22.3 Å². The quantitative estimate of drug-likeness (QED) is 0.322. The van der Waals surface area contributed by atoms with Crippen LogP contribution in [0, 0.1) is 0 Å². The lowest BCUT2D eigenvalue weighted by atomic mass is 9.91. The molecule has 5 aromatic rings. The van der Waals surface area contributed by atoms with Gasteiger partial charge in [-0.05, 0) is 24.3 Å². The van der Waals surface area contributed by atoms with E-state index in [-0.39, 0.29) is 10.8 Å². The Morgan fingerprint density at radius 3 is 1.28 bits per heavy atom. The van der Waals surface area contributed by atoms with Crippen LogP contribution in [-0.4, -0.2) is 43.7 Å². The number of nitrogens with zero attached hydrogens (tertiary/aromatic N) is 6. The van der Waals surface area contributed by atoms with Gasteiger partial charge < -0.3 is 9.47 Å². The molecule has 0 fully saturated rings. The van der Waals surface area contributed by atoms with Gasteiger partial charge in [-0.1, -0.05) is 65.8 Å². The minimum absolute atomic E-state index is 0.268. The van der Waals surface area contributed by atoms with Gasteiger partial charge in [-0.3, -0.25) is 0 Å². The third-order valence-corrected chi connectivity index (χ3v) is 6.16. The van der Waals surface area contributed by atoms with Crippen molar-refractivity contribution in [3.05, 3.63) is 59.9 Å². The Morgan fingerprint density at radius 1 is 0.583 bits per heavy atom. The van der Waals surface area contributed by atoms with Crippen LogP contribution in [0.1, 0.15) is 52.9 Å². The summed E-state index contributed by atoms with van der Waals surface area (Å²) in [5.41, 5.74) is 5.59. The molecule has 0 saturated carbocycles. The second-order valence-corrected chi connectivity index (χ2v) is 10.9. The van der Waals surface area contributed by atoms with Crippen LogP contribution < -0.4 is 9.47 Å². The van der Waals surface area contributed by atoms with Crippen molar-refractivity contribution in [2.45, 2.75) is 52.4 Å². The Kier molecular flexibility index (Phi) is 5.50. The van der Waals surface area contributed by atoms with E-state index in [1.54, 1.807) is 14.2 Å². The van der Waals surface area contributed by atoms with E-state index < -0.39 is 0 Å². The van der Waals surface area contributed by atoms with Crippen LogP contribution in [0.3, 0.4) is 0 Å². The molecule has 0 N–H and O–H groups in total. The summed E-state index contributed by atoms with van der Waals surface area (Å²) < 4.78 is 15.0. The molecule has 3 heterocycles. The molecule has 0 saturated heterocycles. The number of para-hydroxylation sites is 4. The van der Waals surface area contributed by atoms with E-state index in [0.717, 1.165) is 33.8 Å². The van der Waals surface area contributed by atoms with E-state index in [1.807, 2.05) is 57.9 Å². The zero-order valence-corrected chi connectivity index (χ0v) is 22.1. The fourth-order valence-corrected chi connectivity index (χ4v) is 4.38. The first-order chi connectivity index (χ1) is 17.0. The third-order valence-electron chi connectivity index (χ3n) is 6.16. The summed E-state index contributed by atoms with van der Waals surface area (Å²) in [6.45, 7) is 12.8. The lowest BCUT2D eigenvalue weighted by Crippen LogP contribution is -2.13. The van der Waals surface area contributed by atoms with Gasteiger partial charge in [0.2, 0.25) is 0 Å². The molecule has 0 aliphatic rings. The summed E-state index contributed by atoms with van der Waals surface area (Å²) in [6.07, 6.45) is 0. The van der Waals surface area contributed by atoms with Gasteiger partial charge in [-0.25, -0.2) is 19.3 Å². The average molecular weight is 485 g/mol. The van der Waals surface area contributed by atoms with Crippen LogP contribution in [0.25, 0.3) is 33.7 Å². The van der Waals surface area contributed by atoms with E-state index in [4.69, 9.17) is 29.6 Å². The summed E-state index contributed by atoms with van der Waals surface area (Å²) >= 11 is 0. The van der Waals surface area contributed by atoms with Crippen molar-refractivity contribution in [2.75, 3.05) is 14.2 Å². The van der Waals surface area contributed by atoms with E-state index in [0.29, 0.717) is 22.8 Å². The van der Waals surface area contributed by atoms with Crippen molar-refractivity contribution in [3.63, 3.8) is 0 Å². The minimum atomic E-state index is -0.268. The molecule has 8 nitrogen and oxygen atoms in total. The predicted molar refractivity (Wildman–Crippen MR) is 142 cm³/mol. The highest BCUT2D eigenvalue weighted by molar-refractivity contribution is 5.88. The molecular formula is C28H32N6O2.